The fourth-order valence-electron chi connectivity index (χ4n) is 2.42. The summed E-state index contributed by atoms with van der Waals surface area (Å²) in [4.78, 5) is 0. The molecule has 3 nitrogen and oxygen atoms in total. The van der Waals surface area contributed by atoms with Crippen LogP contribution in [-0.4, -0.2) is 6.61 Å². The normalized spacial score (nSPS) is 13.0. The molecule has 2 aromatic rings. The monoisotopic (exact) mass is 261 g/mol. The smallest absolute Gasteiger partial charge is 0.135 e. The number of nitrogens with two attached hydrogens (primary N) is 1. The second kappa shape index (κ2) is 6.73. The molecule has 1 aromatic carbocycles. The molecule has 1 unspecified atom stereocenters. The average molecular weight is 261 g/mol. The zero-order valence-corrected chi connectivity index (χ0v) is 11.8. The van der Waals surface area contributed by atoms with E-state index in [4.69, 9.17) is 14.9 Å². The molecule has 0 aliphatic carbocycles. The molecule has 104 valence electrons. The molecular weight excluding hydrogens is 238 g/mol. The lowest BCUT2D eigenvalue weighted by Crippen LogP contribution is -2.07. The van der Waals surface area contributed by atoms with Crippen LogP contribution in [0.2, 0.25) is 0 Å². The molecule has 1 aromatic heterocycles. The van der Waals surface area contributed by atoms with Crippen LogP contribution < -0.4 is 5.73 Å². The van der Waals surface area contributed by atoms with E-state index in [1.165, 1.54) is 12.8 Å². The summed E-state index contributed by atoms with van der Waals surface area (Å²) in [6.45, 7) is 6.18. The molecule has 0 saturated heterocycles. The largest absolute Gasteiger partial charge is 0.458 e. The summed E-state index contributed by atoms with van der Waals surface area (Å²) in [5.41, 5.74) is 7.78. The summed E-state index contributed by atoms with van der Waals surface area (Å²) in [6.07, 6.45) is 2.40. The first-order chi connectivity index (χ1) is 9.26. The molecule has 2 rings (SSSR count). The molecule has 0 bridgehead atoms. The summed E-state index contributed by atoms with van der Waals surface area (Å²) in [7, 11) is 0. The van der Waals surface area contributed by atoms with Crippen molar-refractivity contribution in [3.05, 3.63) is 35.6 Å². The van der Waals surface area contributed by atoms with Crippen LogP contribution in [0.25, 0.3) is 11.0 Å². The van der Waals surface area contributed by atoms with Crippen LogP contribution in [0, 0.1) is 5.92 Å². The quantitative estimate of drug-likeness (QED) is 0.823. The first-order valence-corrected chi connectivity index (χ1v) is 7.03. The molecule has 0 amide bonds. The maximum absolute atomic E-state index is 5.83. The molecule has 0 saturated carbocycles. The Labute approximate surface area is 114 Å². The fourth-order valence-corrected chi connectivity index (χ4v) is 2.42. The van der Waals surface area contributed by atoms with Crippen LogP contribution in [0.4, 0.5) is 0 Å². The topological polar surface area (TPSA) is 48.4 Å². The minimum atomic E-state index is 0.486. The van der Waals surface area contributed by atoms with Crippen molar-refractivity contribution in [2.75, 3.05) is 6.61 Å². The van der Waals surface area contributed by atoms with Gasteiger partial charge in [0.25, 0.3) is 0 Å². The summed E-state index contributed by atoms with van der Waals surface area (Å²) >= 11 is 0. The molecule has 1 atom stereocenters. The van der Waals surface area contributed by atoms with E-state index >= 15 is 0 Å². The Morgan fingerprint density at radius 1 is 1.32 bits per heavy atom. The highest BCUT2D eigenvalue weighted by atomic mass is 16.5. The van der Waals surface area contributed by atoms with Crippen molar-refractivity contribution in [1.82, 2.24) is 0 Å². The summed E-state index contributed by atoms with van der Waals surface area (Å²) in [6, 6.07) is 7.99. The maximum Gasteiger partial charge on any atom is 0.135 e. The molecule has 3 heteroatoms. The zero-order chi connectivity index (χ0) is 13.7. The molecule has 0 spiro atoms. The van der Waals surface area contributed by atoms with Crippen LogP contribution in [0.3, 0.4) is 0 Å². The lowest BCUT2D eigenvalue weighted by Gasteiger charge is -2.10. The van der Waals surface area contributed by atoms with Gasteiger partial charge in [0.1, 0.15) is 18.0 Å². The van der Waals surface area contributed by atoms with E-state index in [-0.39, 0.29) is 0 Å². The fraction of sp³-hybridized carbons (Fsp3) is 0.500. The zero-order valence-electron chi connectivity index (χ0n) is 11.8. The number of hydrogen-bond acceptors (Lipinski definition) is 3. The van der Waals surface area contributed by atoms with E-state index in [0.717, 1.165) is 28.9 Å². The highest BCUT2D eigenvalue weighted by Gasteiger charge is 2.12. The Morgan fingerprint density at radius 3 is 2.84 bits per heavy atom. The lowest BCUT2D eigenvalue weighted by molar-refractivity contribution is 0.0779. The van der Waals surface area contributed by atoms with E-state index in [1.807, 2.05) is 24.3 Å². The Morgan fingerprint density at radius 2 is 2.11 bits per heavy atom. The van der Waals surface area contributed by atoms with Gasteiger partial charge in [-0.25, -0.2) is 0 Å². The van der Waals surface area contributed by atoms with Crippen LogP contribution in [0.5, 0.6) is 0 Å². The van der Waals surface area contributed by atoms with Crippen molar-refractivity contribution in [1.29, 1.82) is 0 Å². The Hall–Kier alpha value is -1.32. The molecule has 0 radical (unpaired) electrons. The van der Waals surface area contributed by atoms with E-state index in [0.29, 0.717) is 19.1 Å². The Balaban J connectivity index is 2.04. The first-order valence-electron chi connectivity index (χ1n) is 7.03. The summed E-state index contributed by atoms with van der Waals surface area (Å²) in [5.74, 6) is 1.46. The van der Waals surface area contributed by atoms with Gasteiger partial charge in [-0.1, -0.05) is 38.5 Å². The number of hydrogen-bond donors (Lipinski definition) is 1. The third-order valence-corrected chi connectivity index (χ3v) is 3.40. The summed E-state index contributed by atoms with van der Waals surface area (Å²) < 4.78 is 11.6. The van der Waals surface area contributed by atoms with Gasteiger partial charge in [-0.3, -0.25) is 0 Å². The van der Waals surface area contributed by atoms with Crippen molar-refractivity contribution in [2.45, 2.75) is 39.8 Å². The number of para-hydroxylation sites is 1. The number of ether oxygens (including phenoxy) is 1. The van der Waals surface area contributed by atoms with E-state index in [2.05, 4.69) is 13.8 Å². The van der Waals surface area contributed by atoms with Crippen molar-refractivity contribution < 1.29 is 9.15 Å². The maximum atomic E-state index is 5.83. The van der Waals surface area contributed by atoms with Crippen LogP contribution in [0.1, 0.15) is 38.0 Å². The Kier molecular flexibility index (Phi) is 5.00. The van der Waals surface area contributed by atoms with E-state index in [1.54, 1.807) is 0 Å². The molecule has 1 heterocycles. The van der Waals surface area contributed by atoms with E-state index in [9.17, 15) is 0 Å². The van der Waals surface area contributed by atoms with E-state index < -0.39 is 0 Å². The van der Waals surface area contributed by atoms with Crippen LogP contribution in [0.15, 0.2) is 28.7 Å². The molecule has 0 fully saturated rings. The van der Waals surface area contributed by atoms with Gasteiger partial charge >= 0.3 is 0 Å². The summed E-state index contributed by atoms with van der Waals surface area (Å²) in [5, 5.41) is 1.10. The van der Waals surface area contributed by atoms with Gasteiger partial charge in [0.2, 0.25) is 0 Å². The third kappa shape index (κ3) is 3.37. The van der Waals surface area contributed by atoms with Gasteiger partial charge in [0.05, 0.1) is 0 Å². The number of fused-ring (bicyclic) bond motifs is 1. The first kappa shape index (κ1) is 14.1. The molecule has 0 aliphatic heterocycles. The highest BCUT2D eigenvalue weighted by Crippen LogP contribution is 2.26. The van der Waals surface area contributed by atoms with Gasteiger partial charge in [-0.05, 0) is 18.4 Å². The average Bonchev–Trinajstić information content (AvgIpc) is 2.76. The van der Waals surface area contributed by atoms with Crippen molar-refractivity contribution in [3.8, 4) is 0 Å². The van der Waals surface area contributed by atoms with Gasteiger partial charge in [0, 0.05) is 24.1 Å². The predicted molar refractivity (Wildman–Crippen MR) is 77.8 cm³/mol. The standard InChI is InChI=1S/C16H23NO2/c1-3-6-12(2)10-18-11-16-14(9-17)13-7-4-5-8-15(13)19-16/h4-5,7-8,12H,3,6,9-11,17H2,1-2H3. The van der Waals surface area contributed by atoms with Gasteiger partial charge in [-0.15, -0.1) is 0 Å². The van der Waals surface area contributed by atoms with Crippen LogP contribution >= 0.6 is 0 Å². The molecule has 19 heavy (non-hydrogen) atoms. The van der Waals surface area contributed by atoms with Crippen LogP contribution in [-0.2, 0) is 17.9 Å². The van der Waals surface area contributed by atoms with Crippen molar-refractivity contribution >= 4 is 11.0 Å². The number of rotatable bonds is 7. The SMILES string of the molecule is CCCC(C)COCc1oc2ccccc2c1CN. The second-order valence-electron chi connectivity index (χ2n) is 5.11. The number of furan rings is 1. The Bertz CT molecular complexity index is 518. The molecule has 0 aliphatic rings. The van der Waals surface area contributed by atoms with Gasteiger partial charge < -0.3 is 14.9 Å². The number of benzene rings is 1. The van der Waals surface area contributed by atoms with Gasteiger partial charge in [-0.2, -0.15) is 0 Å². The predicted octanol–water partition coefficient (Wildman–Crippen LogP) is 3.84. The van der Waals surface area contributed by atoms with Crippen molar-refractivity contribution in [3.63, 3.8) is 0 Å². The molecular formula is C16H23NO2. The minimum absolute atomic E-state index is 0.486. The lowest BCUT2D eigenvalue weighted by atomic mass is 10.1. The molecule has 2 N–H and O–H groups in total. The van der Waals surface area contributed by atoms with Gasteiger partial charge in [0.15, 0.2) is 0 Å². The third-order valence-electron chi connectivity index (χ3n) is 3.40. The van der Waals surface area contributed by atoms with Crippen molar-refractivity contribution in [2.24, 2.45) is 11.7 Å². The second-order valence-corrected chi connectivity index (χ2v) is 5.11. The highest BCUT2D eigenvalue weighted by molar-refractivity contribution is 5.82. The minimum Gasteiger partial charge on any atom is -0.458 e.